The Kier molecular flexibility index (Phi) is 6.30. The van der Waals surface area contributed by atoms with Gasteiger partial charge in [0.25, 0.3) is 0 Å². The number of nitrogens with zero attached hydrogens (tertiary/aromatic N) is 5. The Balaban J connectivity index is 1.26. The van der Waals surface area contributed by atoms with Crippen LogP contribution in [0.15, 0.2) is 16.9 Å². The van der Waals surface area contributed by atoms with Gasteiger partial charge < -0.3 is 10.1 Å². The molecule has 0 aliphatic heterocycles. The normalized spacial score (nSPS) is 15.6. The third kappa shape index (κ3) is 4.59. The van der Waals surface area contributed by atoms with Crippen molar-refractivity contribution in [2.75, 3.05) is 17.7 Å². The van der Waals surface area contributed by atoms with Gasteiger partial charge in [-0.25, -0.2) is 9.97 Å². The molecule has 1 N–H and O–H groups in total. The molecule has 4 aromatic rings. The van der Waals surface area contributed by atoms with Gasteiger partial charge in [-0.15, -0.1) is 32.9 Å². The van der Waals surface area contributed by atoms with Crippen LogP contribution in [0.1, 0.15) is 36.4 Å². The van der Waals surface area contributed by atoms with E-state index in [0.717, 1.165) is 28.7 Å². The lowest BCUT2D eigenvalue weighted by Gasteiger charge is -2.17. The van der Waals surface area contributed by atoms with Crippen LogP contribution in [0.3, 0.4) is 0 Å². The standard InChI is InChI=1S/C21H22N6O3S3/c1-3-30-16(29)7-12-8-31-20(23-12)24-15(28)9-32-21-26-25-18-17-13-5-4-11(2)6-14(13)33-19(17)22-10-27(18)21/h8,10-11H,3-7,9H2,1-2H3,(H,23,24,28). The first-order chi connectivity index (χ1) is 16.0. The van der Waals surface area contributed by atoms with E-state index in [0.29, 0.717) is 28.5 Å². The summed E-state index contributed by atoms with van der Waals surface area (Å²) in [7, 11) is 0. The number of rotatable bonds is 7. The van der Waals surface area contributed by atoms with Crippen molar-refractivity contribution in [3.05, 3.63) is 27.8 Å². The number of hydrogen-bond donors (Lipinski definition) is 1. The fourth-order valence-electron chi connectivity index (χ4n) is 3.91. The summed E-state index contributed by atoms with van der Waals surface area (Å²) in [6.45, 7) is 4.38. The number of anilines is 1. The molecule has 0 fully saturated rings. The van der Waals surface area contributed by atoms with Crippen molar-refractivity contribution in [3.8, 4) is 0 Å². The Labute approximate surface area is 202 Å². The van der Waals surface area contributed by atoms with Gasteiger partial charge in [-0.1, -0.05) is 18.7 Å². The molecule has 4 aromatic heterocycles. The lowest BCUT2D eigenvalue weighted by atomic mass is 9.89. The van der Waals surface area contributed by atoms with Gasteiger partial charge in [0, 0.05) is 10.3 Å². The molecule has 172 valence electrons. The summed E-state index contributed by atoms with van der Waals surface area (Å²) < 4.78 is 6.79. The smallest absolute Gasteiger partial charge is 0.311 e. The zero-order valence-electron chi connectivity index (χ0n) is 18.2. The molecule has 0 saturated carbocycles. The molecule has 1 amide bonds. The van der Waals surface area contributed by atoms with Crippen LogP contribution in [0.5, 0.6) is 0 Å². The molecule has 1 unspecified atom stereocenters. The SMILES string of the molecule is CCOC(=O)Cc1csc(NC(=O)CSc2nnc3c4c5c(sc4ncn23)CC(C)CC5)n1. The summed E-state index contributed by atoms with van der Waals surface area (Å²) in [5.41, 5.74) is 2.74. The summed E-state index contributed by atoms with van der Waals surface area (Å²) in [4.78, 5) is 35.4. The van der Waals surface area contributed by atoms with E-state index >= 15 is 0 Å². The monoisotopic (exact) mass is 502 g/mol. The quantitative estimate of drug-likeness (QED) is 0.300. The Bertz CT molecular complexity index is 1340. The summed E-state index contributed by atoms with van der Waals surface area (Å²) in [5.74, 6) is 0.317. The van der Waals surface area contributed by atoms with Crippen LogP contribution >= 0.6 is 34.4 Å². The second-order valence-electron chi connectivity index (χ2n) is 7.92. The largest absolute Gasteiger partial charge is 0.466 e. The highest BCUT2D eigenvalue weighted by atomic mass is 32.2. The number of aromatic nitrogens is 5. The van der Waals surface area contributed by atoms with Gasteiger partial charge in [-0.05, 0) is 37.7 Å². The maximum atomic E-state index is 12.4. The Morgan fingerprint density at radius 3 is 3.09 bits per heavy atom. The minimum Gasteiger partial charge on any atom is -0.466 e. The second kappa shape index (κ2) is 9.35. The van der Waals surface area contributed by atoms with Gasteiger partial charge in [-0.3, -0.25) is 14.0 Å². The highest BCUT2D eigenvalue weighted by molar-refractivity contribution is 7.99. The Morgan fingerprint density at radius 2 is 2.24 bits per heavy atom. The molecule has 0 aromatic carbocycles. The number of carbonyl (C=O) groups excluding carboxylic acids is 2. The molecule has 12 heteroatoms. The van der Waals surface area contributed by atoms with E-state index in [-0.39, 0.29) is 24.1 Å². The molecule has 1 aliphatic carbocycles. The van der Waals surface area contributed by atoms with Crippen molar-refractivity contribution >= 4 is 67.3 Å². The summed E-state index contributed by atoms with van der Waals surface area (Å²) in [5, 5.41) is 15.4. The molecule has 0 saturated heterocycles. The fourth-order valence-corrected chi connectivity index (χ4v) is 6.68. The maximum Gasteiger partial charge on any atom is 0.311 e. The number of thiophene rings is 1. The van der Waals surface area contributed by atoms with Gasteiger partial charge in [0.05, 0.1) is 29.9 Å². The van der Waals surface area contributed by atoms with Crippen molar-refractivity contribution in [1.82, 2.24) is 24.6 Å². The van der Waals surface area contributed by atoms with Crippen LogP contribution in [-0.4, -0.2) is 48.8 Å². The fraction of sp³-hybridized carbons (Fsp3) is 0.429. The molecular weight excluding hydrogens is 480 g/mol. The van der Waals surface area contributed by atoms with Crippen molar-refractivity contribution in [3.63, 3.8) is 0 Å². The minimum atomic E-state index is -0.334. The van der Waals surface area contributed by atoms with Crippen LogP contribution in [0.2, 0.25) is 0 Å². The van der Waals surface area contributed by atoms with E-state index in [4.69, 9.17) is 4.74 Å². The summed E-state index contributed by atoms with van der Waals surface area (Å²) in [6.07, 6.45) is 5.14. The van der Waals surface area contributed by atoms with Crippen molar-refractivity contribution in [1.29, 1.82) is 0 Å². The molecule has 0 bridgehead atoms. The number of fused-ring (bicyclic) bond motifs is 5. The number of thioether (sulfide) groups is 1. The second-order valence-corrected chi connectivity index (χ2v) is 10.8. The van der Waals surface area contributed by atoms with Crippen LogP contribution in [0.4, 0.5) is 5.13 Å². The van der Waals surface area contributed by atoms with Gasteiger partial charge in [-0.2, -0.15) is 0 Å². The van der Waals surface area contributed by atoms with Gasteiger partial charge in [0.15, 0.2) is 15.9 Å². The number of aryl methyl sites for hydroxylation is 1. The third-order valence-corrected chi connectivity index (χ3v) is 8.34. The average Bonchev–Trinajstić information content (AvgIpc) is 3.48. The van der Waals surface area contributed by atoms with Crippen molar-refractivity contribution in [2.45, 2.75) is 44.7 Å². The van der Waals surface area contributed by atoms with Crippen LogP contribution in [-0.2, 0) is 33.6 Å². The molecule has 4 heterocycles. The first-order valence-corrected chi connectivity index (χ1v) is 13.4. The molecular formula is C21H22N6O3S3. The van der Waals surface area contributed by atoms with E-state index in [1.54, 1.807) is 30.0 Å². The van der Waals surface area contributed by atoms with Gasteiger partial charge >= 0.3 is 5.97 Å². The molecule has 33 heavy (non-hydrogen) atoms. The molecule has 0 spiro atoms. The van der Waals surface area contributed by atoms with E-state index in [1.807, 2.05) is 4.40 Å². The summed E-state index contributed by atoms with van der Waals surface area (Å²) >= 11 is 4.33. The lowest BCUT2D eigenvalue weighted by Crippen LogP contribution is -2.14. The van der Waals surface area contributed by atoms with Gasteiger partial charge in [0.2, 0.25) is 5.91 Å². The number of esters is 1. The molecule has 5 rings (SSSR count). The highest BCUT2D eigenvalue weighted by Crippen LogP contribution is 2.39. The zero-order chi connectivity index (χ0) is 22.9. The lowest BCUT2D eigenvalue weighted by molar-refractivity contribution is -0.142. The predicted octanol–water partition coefficient (Wildman–Crippen LogP) is 3.76. The first kappa shape index (κ1) is 22.2. The topological polar surface area (TPSA) is 111 Å². The zero-order valence-corrected chi connectivity index (χ0v) is 20.6. The van der Waals surface area contributed by atoms with Crippen molar-refractivity contribution < 1.29 is 14.3 Å². The van der Waals surface area contributed by atoms with Gasteiger partial charge in [0.1, 0.15) is 11.2 Å². The number of nitrogens with one attached hydrogen (secondary N) is 1. The third-order valence-electron chi connectivity index (χ3n) is 5.43. The van der Waals surface area contributed by atoms with Crippen LogP contribution < -0.4 is 5.32 Å². The summed E-state index contributed by atoms with van der Waals surface area (Å²) in [6, 6.07) is 0. The number of hydrogen-bond acceptors (Lipinski definition) is 10. The first-order valence-electron chi connectivity index (χ1n) is 10.7. The van der Waals surface area contributed by atoms with E-state index < -0.39 is 0 Å². The van der Waals surface area contributed by atoms with Crippen LogP contribution in [0, 0.1) is 5.92 Å². The van der Waals surface area contributed by atoms with E-state index in [1.165, 1.54) is 40.0 Å². The predicted molar refractivity (Wildman–Crippen MR) is 129 cm³/mol. The molecule has 9 nitrogen and oxygen atoms in total. The molecule has 0 radical (unpaired) electrons. The Morgan fingerprint density at radius 1 is 1.36 bits per heavy atom. The minimum absolute atomic E-state index is 0.0906. The Hall–Kier alpha value is -2.57. The van der Waals surface area contributed by atoms with E-state index in [2.05, 4.69) is 32.4 Å². The van der Waals surface area contributed by atoms with E-state index in [9.17, 15) is 9.59 Å². The number of amides is 1. The molecule has 1 atom stereocenters. The number of ether oxygens (including phenoxy) is 1. The number of thiazole rings is 1. The maximum absolute atomic E-state index is 12.4. The average molecular weight is 503 g/mol. The number of carbonyl (C=O) groups is 2. The van der Waals surface area contributed by atoms with Crippen molar-refractivity contribution in [2.24, 2.45) is 5.92 Å². The van der Waals surface area contributed by atoms with Crippen LogP contribution in [0.25, 0.3) is 15.9 Å². The highest BCUT2D eigenvalue weighted by Gasteiger charge is 2.24. The molecule has 1 aliphatic rings.